The molecule has 1 heterocycles. The Bertz CT molecular complexity index is 1340. The van der Waals surface area contributed by atoms with Gasteiger partial charge in [-0.25, -0.2) is 9.78 Å². The highest BCUT2D eigenvalue weighted by molar-refractivity contribution is 6.31. The number of para-hydroxylation sites is 1. The Morgan fingerprint density at radius 2 is 1.67 bits per heavy atom. The normalized spacial score (nSPS) is 10.6. The van der Waals surface area contributed by atoms with Gasteiger partial charge in [0, 0.05) is 21.0 Å². The van der Waals surface area contributed by atoms with E-state index in [1.807, 2.05) is 24.3 Å². The summed E-state index contributed by atoms with van der Waals surface area (Å²) >= 11 is 12.0. The number of ether oxygens (including phenoxy) is 2. The summed E-state index contributed by atoms with van der Waals surface area (Å²) in [6, 6.07) is 20.8. The minimum Gasteiger partial charge on any atom is -0.495 e. The molecule has 0 bridgehead atoms. The predicted molar refractivity (Wildman–Crippen MR) is 129 cm³/mol. The van der Waals surface area contributed by atoms with Gasteiger partial charge in [0.2, 0.25) is 0 Å². The summed E-state index contributed by atoms with van der Waals surface area (Å²) in [7, 11) is 1.48. The van der Waals surface area contributed by atoms with Crippen molar-refractivity contribution in [1.29, 1.82) is 0 Å². The number of pyridine rings is 1. The Kier molecular flexibility index (Phi) is 6.77. The number of anilines is 1. The number of aromatic nitrogens is 1. The minimum atomic E-state index is -0.642. The molecule has 0 aliphatic rings. The smallest absolute Gasteiger partial charge is 0.339 e. The number of hydrogen-bond donors (Lipinski definition) is 1. The van der Waals surface area contributed by atoms with Crippen molar-refractivity contribution in [2.24, 2.45) is 0 Å². The second kappa shape index (κ2) is 9.90. The molecule has 4 rings (SSSR count). The number of hydrogen-bond acceptors (Lipinski definition) is 5. The summed E-state index contributed by atoms with van der Waals surface area (Å²) in [6.45, 7) is -0.485. The first-order chi connectivity index (χ1) is 15.9. The van der Waals surface area contributed by atoms with E-state index in [1.165, 1.54) is 7.11 Å². The molecule has 0 unspecified atom stereocenters. The van der Waals surface area contributed by atoms with Gasteiger partial charge >= 0.3 is 5.97 Å². The molecule has 1 amide bonds. The van der Waals surface area contributed by atoms with Crippen molar-refractivity contribution in [2.75, 3.05) is 19.0 Å². The van der Waals surface area contributed by atoms with Gasteiger partial charge in [-0.05, 0) is 42.5 Å². The molecule has 1 N–H and O–H groups in total. The highest BCUT2D eigenvalue weighted by Gasteiger charge is 2.17. The van der Waals surface area contributed by atoms with Crippen LogP contribution in [0.2, 0.25) is 10.0 Å². The molecule has 166 valence electrons. The van der Waals surface area contributed by atoms with Gasteiger partial charge in [-0.15, -0.1) is 0 Å². The third-order valence-electron chi connectivity index (χ3n) is 4.85. The fraction of sp³-hybridized carbons (Fsp3) is 0.0800. The number of nitrogens with one attached hydrogen (secondary N) is 1. The summed E-state index contributed by atoms with van der Waals surface area (Å²) in [5.74, 6) is -0.732. The molecule has 4 aromatic rings. The Hall–Kier alpha value is -3.61. The molecule has 3 aromatic carbocycles. The van der Waals surface area contributed by atoms with Crippen molar-refractivity contribution >= 4 is 51.7 Å². The summed E-state index contributed by atoms with van der Waals surface area (Å²) in [4.78, 5) is 30.0. The van der Waals surface area contributed by atoms with Crippen LogP contribution in [0.15, 0.2) is 72.8 Å². The quantitative estimate of drug-likeness (QED) is 0.341. The van der Waals surface area contributed by atoms with Crippen molar-refractivity contribution in [2.45, 2.75) is 0 Å². The molecular formula is C25H18Cl2N2O4. The number of esters is 1. The van der Waals surface area contributed by atoms with Crippen LogP contribution < -0.4 is 10.1 Å². The van der Waals surface area contributed by atoms with Crippen LogP contribution in [0.1, 0.15) is 10.4 Å². The van der Waals surface area contributed by atoms with E-state index in [-0.39, 0.29) is 0 Å². The Balaban J connectivity index is 1.56. The number of carbonyl (C=O) groups is 2. The van der Waals surface area contributed by atoms with E-state index in [0.717, 1.165) is 5.56 Å². The van der Waals surface area contributed by atoms with Crippen LogP contribution in [0.5, 0.6) is 5.75 Å². The monoisotopic (exact) mass is 480 g/mol. The first kappa shape index (κ1) is 22.6. The van der Waals surface area contributed by atoms with Crippen LogP contribution in [-0.4, -0.2) is 30.6 Å². The number of benzene rings is 3. The van der Waals surface area contributed by atoms with Crippen LogP contribution >= 0.6 is 23.2 Å². The average Bonchev–Trinajstić information content (AvgIpc) is 2.82. The zero-order valence-electron chi connectivity index (χ0n) is 17.5. The summed E-state index contributed by atoms with van der Waals surface area (Å²) in [6.07, 6.45) is 0. The van der Waals surface area contributed by atoms with Crippen LogP contribution in [-0.2, 0) is 9.53 Å². The van der Waals surface area contributed by atoms with Gasteiger partial charge in [0.15, 0.2) is 6.61 Å². The average molecular weight is 481 g/mol. The highest BCUT2D eigenvalue weighted by Crippen LogP contribution is 2.28. The number of rotatable bonds is 6. The standard InChI is InChI=1S/C25H18Cl2N2O4/c1-32-23-11-10-17(27)12-22(23)29-24(30)14-33-25(31)19-13-21(15-6-8-16(26)9-7-15)28-20-5-3-2-4-18(19)20/h2-13H,14H2,1H3,(H,29,30). The van der Waals surface area contributed by atoms with Crippen molar-refractivity contribution in [3.8, 4) is 17.0 Å². The number of halogens is 2. The molecule has 0 saturated heterocycles. The highest BCUT2D eigenvalue weighted by atomic mass is 35.5. The maximum atomic E-state index is 12.9. The number of amides is 1. The second-order valence-corrected chi connectivity index (χ2v) is 7.92. The van der Waals surface area contributed by atoms with Crippen LogP contribution in [0.3, 0.4) is 0 Å². The van der Waals surface area contributed by atoms with Crippen molar-refractivity contribution in [3.05, 3.63) is 88.4 Å². The second-order valence-electron chi connectivity index (χ2n) is 7.05. The Morgan fingerprint density at radius 1 is 0.939 bits per heavy atom. The lowest BCUT2D eigenvalue weighted by Crippen LogP contribution is -2.21. The SMILES string of the molecule is COc1ccc(Cl)cc1NC(=O)COC(=O)c1cc(-c2ccc(Cl)cc2)nc2ccccc12. The van der Waals surface area contributed by atoms with E-state index >= 15 is 0 Å². The lowest BCUT2D eigenvalue weighted by atomic mass is 10.0. The fourth-order valence-electron chi connectivity index (χ4n) is 3.29. The molecule has 0 saturated carbocycles. The van der Waals surface area contributed by atoms with E-state index in [9.17, 15) is 9.59 Å². The maximum Gasteiger partial charge on any atom is 0.339 e. The molecule has 8 heteroatoms. The molecule has 1 aromatic heterocycles. The van der Waals surface area contributed by atoms with E-state index < -0.39 is 18.5 Å². The number of methoxy groups -OCH3 is 1. The Labute approximate surface area is 200 Å². The van der Waals surface area contributed by atoms with Gasteiger partial charge < -0.3 is 14.8 Å². The zero-order valence-corrected chi connectivity index (χ0v) is 19.0. The third kappa shape index (κ3) is 5.25. The molecule has 0 atom stereocenters. The van der Waals surface area contributed by atoms with Crippen LogP contribution in [0.4, 0.5) is 5.69 Å². The largest absolute Gasteiger partial charge is 0.495 e. The van der Waals surface area contributed by atoms with Gasteiger partial charge in [-0.3, -0.25) is 4.79 Å². The predicted octanol–water partition coefficient (Wildman–Crippen LogP) is 6.01. The summed E-state index contributed by atoms with van der Waals surface area (Å²) < 4.78 is 10.5. The number of fused-ring (bicyclic) bond motifs is 1. The maximum absolute atomic E-state index is 12.9. The first-order valence-corrected chi connectivity index (χ1v) is 10.7. The van der Waals surface area contributed by atoms with Crippen molar-refractivity contribution in [1.82, 2.24) is 4.98 Å². The summed E-state index contributed by atoms with van der Waals surface area (Å²) in [5, 5.41) is 4.29. The van der Waals surface area contributed by atoms with Crippen molar-refractivity contribution in [3.63, 3.8) is 0 Å². The number of nitrogens with zero attached hydrogens (tertiary/aromatic N) is 1. The van der Waals surface area contributed by atoms with E-state index in [0.29, 0.717) is 43.6 Å². The topological polar surface area (TPSA) is 77.5 Å². The molecule has 33 heavy (non-hydrogen) atoms. The molecule has 0 aliphatic carbocycles. The number of carbonyl (C=O) groups excluding carboxylic acids is 2. The first-order valence-electron chi connectivity index (χ1n) is 9.91. The lowest BCUT2D eigenvalue weighted by molar-refractivity contribution is -0.119. The fourth-order valence-corrected chi connectivity index (χ4v) is 3.58. The van der Waals surface area contributed by atoms with Gasteiger partial charge in [0.1, 0.15) is 5.75 Å². The van der Waals surface area contributed by atoms with E-state index in [2.05, 4.69) is 10.3 Å². The van der Waals surface area contributed by atoms with E-state index in [4.69, 9.17) is 32.7 Å². The van der Waals surface area contributed by atoms with Gasteiger partial charge in [0.25, 0.3) is 5.91 Å². The molecule has 6 nitrogen and oxygen atoms in total. The molecule has 0 spiro atoms. The zero-order chi connectivity index (χ0) is 23.4. The Morgan fingerprint density at radius 3 is 2.42 bits per heavy atom. The summed E-state index contributed by atoms with van der Waals surface area (Å²) in [5.41, 5.74) is 2.70. The van der Waals surface area contributed by atoms with Gasteiger partial charge in [0.05, 0.1) is 29.6 Å². The van der Waals surface area contributed by atoms with Gasteiger partial charge in [-0.2, -0.15) is 0 Å². The lowest BCUT2D eigenvalue weighted by Gasteiger charge is -2.12. The van der Waals surface area contributed by atoms with Crippen LogP contribution in [0, 0.1) is 0 Å². The van der Waals surface area contributed by atoms with Crippen LogP contribution in [0.25, 0.3) is 22.2 Å². The van der Waals surface area contributed by atoms with Crippen molar-refractivity contribution < 1.29 is 19.1 Å². The third-order valence-corrected chi connectivity index (χ3v) is 5.33. The van der Waals surface area contributed by atoms with E-state index in [1.54, 1.807) is 48.5 Å². The minimum absolute atomic E-state index is 0.304. The molecule has 0 radical (unpaired) electrons. The molecule has 0 aliphatic heterocycles. The molecule has 0 fully saturated rings. The van der Waals surface area contributed by atoms with Gasteiger partial charge in [-0.1, -0.05) is 53.5 Å². The molecular weight excluding hydrogens is 463 g/mol.